The zero-order valence-electron chi connectivity index (χ0n) is 12.0. The SMILES string of the molecule is O=C(CN1CCCC1C1CCCN1)Nc1ccc(Br)cn1. The van der Waals surface area contributed by atoms with Gasteiger partial charge in [-0.3, -0.25) is 9.69 Å². The molecule has 0 aromatic carbocycles. The second-order valence-corrected chi connectivity index (χ2v) is 6.71. The summed E-state index contributed by atoms with van der Waals surface area (Å²) in [5.41, 5.74) is 0. The zero-order valence-corrected chi connectivity index (χ0v) is 13.6. The minimum Gasteiger partial charge on any atom is -0.312 e. The lowest BCUT2D eigenvalue weighted by Gasteiger charge is -2.28. The van der Waals surface area contributed by atoms with Crippen LogP contribution in [0, 0.1) is 0 Å². The molecule has 0 saturated carbocycles. The minimum absolute atomic E-state index is 0.0229. The van der Waals surface area contributed by atoms with Gasteiger partial charge in [-0.25, -0.2) is 4.98 Å². The third kappa shape index (κ3) is 3.81. The number of hydrogen-bond acceptors (Lipinski definition) is 4. The molecule has 2 aliphatic rings. The third-order valence-corrected chi connectivity index (χ3v) is 4.79. The maximum absolute atomic E-state index is 12.2. The van der Waals surface area contributed by atoms with Crippen molar-refractivity contribution >= 4 is 27.7 Å². The molecule has 21 heavy (non-hydrogen) atoms. The van der Waals surface area contributed by atoms with E-state index in [0.717, 1.165) is 17.6 Å². The number of nitrogens with zero attached hydrogens (tertiary/aromatic N) is 2. The van der Waals surface area contributed by atoms with Crippen molar-refractivity contribution in [1.29, 1.82) is 0 Å². The van der Waals surface area contributed by atoms with E-state index in [0.29, 0.717) is 24.4 Å². The Kier molecular flexibility index (Phi) is 4.87. The first-order valence-corrected chi connectivity index (χ1v) is 8.40. The maximum Gasteiger partial charge on any atom is 0.239 e. The summed E-state index contributed by atoms with van der Waals surface area (Å²) in [6, 6.07) is 4.76. The standard InChI is InChI=1S/C15H21BrN4O/c16-11-5-6-14(18-9-11)19-15(21)10-20-8-2-4-13(20)12-3-1-7-17-12/h5-6,9,12-13,17H,1-4,7-8,10H2,(H,18,19,21). The molecule has 1 aromatic rings. The third-order valence-electron chi connectivity index (χ3n) is 4.32. The highest BCUT2D eigenvalue weighted by molar-refractivity contribution is 9.10. The van der Waals surface area contributed by atoms with Crippen LogP contribution in [0.5, 0.6) is 0 Å². The monoisotopic (exact) mass is 352 g/mol. The quantitative estimate of drug-likeness (QED) is 0.870. The Labute approximate surface area is 133 Å². The van der Waals surface area contributed by atoms with Crippen molar-refractivity contribution in [2.75, 3.05) is 25.0 Å². The van der Waals surface area contributed by atoms with E-state index in [4.69, 9.17) is 0 Å². The lowest BCUT2D eigenvalue weighted by Crippen LogP contribution is -2.46. The Balaban J connectivity index is 1.54. The average Bonchev–Trinajstić information content (AvgIpc) is 3.11. The predicted octanol–water partition coefficient (Wildman–Crippen LogP) is 2.00. The smallest absolute Gasteiger partial charge is 0.239 e. The first-order valence-electron chi connectivity index (χ1n) is 7.61. The summed E-state index contributed by atoms with van der Waals surface area (Å²) in [7, 11) is 0. The highest BCUT2D eigenvalue weighted by Crippen LogP contribution is 2.24. The summed E-state index contributed by atoms with van der Waals surface area (Å²) < 4.78 is 0.910. The molecule has 114 valence electrons. The molecule has 3 heterocycles. The van der Waals surface area contributed by atoms with E-state index in [1.54, 1.807) is 6.20 Å². The lowest BCUT2D eigenvalue weighted by atomic mass is 10.0. The van der Waals surface area contributed by atoms with Crippen LogP contribution in [0.4, 0.5) is 5.82 Å². The zero-order chi connectivity index (χ0) is 14.7. The van der Waals surface area contributed by atoms with Crippen molar-refractivity contribution in [2.45, 2.75) is 37.8 Å². The van der Waals surface area contributed by atoms with Crippen LogP contribution in [-0.2, 0) is 4.79 Å². The molecule has 0 aliphatic carbocycles. The lowest BCUT2D eigenvalue weighted by molar-refractivity contribution is -0.117. The fraction of sp³-hybridized carbons (Fsp3) is 0.600. The van der Waals surface area contributed by atoms with E-state index < -0.39 is 0 Å². The van der Waals surface area contributed by atoms with Gasteiger partial charge in [-0.2, -0.15) is 0 Å². The van der Waals surface area contributed by atoms with Crippen molar-refractivity contribution in [3.8, 4) is 0 Å². The van der Waals surface area contributed by atoms with Crippen molar-refractivity contribution in [3.63, 3.8) is 0 Å². The van der Waals surface area contributed by atoms with E-state index in [1.807, 2.05) is 12.1 Å². The van der Waals surface area contributed by atoms with Crippen molar-refractivity contribution < 1.29 is 4.79 Å². The molecule has 2 aliphatic heterocycles. The summed E-state index contributed by atoms with van der Waals surface area (Å²) in [6.07, 6.45) is 6.56. The average molecular weight is 353 g/mol. The van der Waals surface area contributed by atoms with Gasteiger partial charge >= 0.3 is 0 Å². The van der Waals surface area contributed by atoms with Crippen LogP contribution in [0.3, 0.4) is 0 Å². The number of amides is 1. The molecule has 6 heteroatoms. The normalized spacial score (nSPS) is 26.1. The van der Waals surface area contributed by atoms with Gasteiger partial charge in [0.2, 0.25) is 5.91 Å². The topological polar surface area (TPSA) is 57.3 Å². The summed E-state index contributed by atoms with van der Waals surface area (Å²) >= 11 is 3.34. The van der Waals surface area contributed by atoms with Crippen molar-refractivity contribution in [1.82, 2.24) is 15.2 Å². The largest absolute Gasteiger partial charge is 0.312 e. The molecule has 2 fully saturated rings. The molecule has 2 N–H and O–H groups in total. The number of carbonyl (C=O) groups is 1. The number of aromatic nitrogens is 1. The Morgan fingerprint density at radius 2 is 2.33 bits per heavy atom. The van der Waals surface area contributed by atoms with Crippen LogP contribution in [0.2, 0.25) is 0 Å². The van der Waals surface area contributed by atoms with Crippen LogP contribution in [0.25, 0.3) is 0 Å². The van der Waals surface area contributed by atoms with Gasteiger partial charge in [0.1, 0.15) is 5.82 Å². The first-order chi connectivity index (χ1) is 10.2. The van der Waals surface area contributed by atoms with Crippen molar-refractivity contribution in [2.24, 2.45) is 0 Å². The van der Waals surface area contributed by atoms with Gasteiger partial charge in [0.25, 0.3) is 0 Å². The fourth-order valence-electron chi connectivity index (χ4n) is 3.36. The van der Waals surface area contributed by atoms with Crippen LogP contribution in [0.15, 0.2) is 22.8 Å². The summed E-state index contributed by atoms with van der Waals surface area (Å²) in [6.45, 7) is 2.59. The number of pyridine rings is 1. The van der Waals surface area contributed by atoms with Gasteiger partial charge in [-0.15, -0.1) is 0 Å². The molecule has 1 amide bonds. The maximum atomic E-state index is 12.2. The van der Waals surface area contributed by atoms with E-state index in [1.165, 1.54) is 25.7 Å². The van der Waals surface area contributed by atoms with Crippen LogP contribution >= 0.6 is 15.9 Å². The van der Waals surface area contributed by atoms with Crippen LogP contribution < -0.4 is 10.6 Å². The second-order valence-electron chi connectivity index (χ2n) is 5.79. The van der Waals surface area contributed by atoms with Gasteiger partial charge in [-0.05, 0) is 66.8 Å². The number of halogens is 1. The molecule has 0 bridgehead atoms. The fourth-order valence-corrected chi connectivity index (χ4v) is 3.59. The minimum atomic E-state index is 0.0229. The molecule has 2 saturated heterocycles. The first kappa shape index (κ1) is 14.9. The Bertz CT molecular complexity index is 487. The van der Waals surface area contributed by atoms with Crippen LogP contribution in [0.1, 0.15) is 25.7 Å². The van der Waals surface area contributed by atoms with E-state index >= 15 is 0 Å². The highest BCUT2D eigenvalue weighted by Gasteiger charge is 2.33. The molecule has 0 spiro atoms. The highest BCUT2D eigenvalue weighted by atomic mass is 79.9. The Morgan fingerprint density at radius 1 is 1.43 bits per heavy atom. The van der Waals surface area contributed by atoms with Gasteiger partial charge < -0.3 is 10.6 Å². The molecule has 3 rings (SSSR count). The van der Waals surface area contributed by atoms with E-state index in [-0.39, 0.29) is 5.91 Å². The van der Waals surface area contributed by atoms with E-state index in [2.05, 4.69) is 36.4 Å². The van der Waals surface area contributed by atoms with Gasteiger partial charge in [0.05, 0.1) is 6.54 Å². The second kappa shape index (κ2) is 6.85. The van der Waals surface area contributed by atoms with Gasteiger partial charge in [0.15, 0.2) is 0 Å². The predicted molar refractivity (Wildman–Crippen MR) is 86.2 cm³/mol. The molecule has 2 atom stereocenters. The van der Waals surface area contributed by atoms with Crippen molar-refractivity contribution in [3.05, 3.63) is 22.8 Å². The van der Waals surface area contributed by atoms with Gasteiger partial charge in [-0.1, -0.05) is 0 Å². The Hall–Kier alpha value is -0.980. The summed E-state index contributed by atoms with van der Waals surface area (Å²) in [5.74, 6) is 0.632. The number of anilines is 1. The number of rotatable bonds is 4. The number of hydrogen-bond donors (Lipinski definition) is 2. The van der Waals surface area contributed by atoms with Crippen LogP contribution in [-0.4, -0.2) is 47.5 Å². The molecule has 1 aromatic heterocycles. The molecular formula is C15H21BrN4O. The van der Waals surface area contributed by atoms with Gasteiger partial charge in [0, 0.05) is 22.8 Å². The molecule has 5 nitrogen and oxygen atoms in total. The summed E-state index contributed by atoms with van der Waals surface area (Å²) in [5, 5.41) is 6.44. The molecular weight excluding hydrogens is 332 g/mol. The van der Waals surface area contributed by atoms with E-state index in [9.17, 15) is 4.79 Å². The molecule has 0 radical (unpaired) electrons. The Morgan fingerprint density at radius 3 is 3.05 bits per heavy atom. The number of carbonyl (C=O) groups excluding carboxylic acids is 1. The number of likely N-dealkylation sites (tertiary alicyclic amines) is 1. The number of nitrogens with one attached hydrogen (secondary N) is 2. The summed E-state index contributed by atoms with van der Waals surface area (Å²) in [4.78, 5) is 18.7. The molecule has 2 unspecified atom stereocenters.